The molecule has 1 N–H and O–H groups in total. The average Bonchev–Trinajstić information content (AvgIpc) is 2.48. The molecule has 0 saturated carbocycles. The summed E-state index contributed by atoms with van der Waals surface area (Å²) in [7, 11) is 1.67. The topological polar surface area (TPSA) is 21.3 Å². The van der Waals surface area contributed by atoms with E-state index in [1.165, 1.54) is 12.1 Å². The number of benzene rings is 2. The van der Waals surface area contributed by atoms with E-state index in [4.69, 9.17) is 16.3 Å². The minimum Gasteiger partial charge on any atom is -0.383 e. The maximum atomic E-state index is 13.0. The third-order valence-corrected chi connectivity index (χ3v) is 4.37. The van der Waals surface area contributed by atoms with Crippen LogP contribution in [0.3, 0.4) is 0 Å². The zero-order valence-electron chi connectivity index (χ0n) is 11.7. The lowest BCUT2D eigenvalue weighted by molar-refractivity contribution is 0.199. The van der Waals surface area contributed by atoms with E-state index >= 15 is 0 Å². The molecular formula is C16H17ClFNOS. The van der Waals surface area contributed by atoms with Crippen LogP contribution in [0.1, 0.15) is 5.56 Å². The highest BCUT2D eigenvalue weighted by atomic mass is 35.5. The van der Waals surface area contributed by atoms with Gasteiger partial charge in [0.05, 0.1) is 6.61 Å². The van der Waals surface area contributed by atoms with Crippen molar-refractivity contribution in [3.63, 3.8) is 0 Å². The van der Waals surface area contributed by atoms with Crippen molar-refractivity contribution in [3.05, 3.63) is 58.9 Å². The lowest BCUT2D eigenvalue weighted by atomic mass is 10.2. The van der Waals surface area contributed by atoms with E-state index in [-0.39, 0.29) is 5.82 Å². The third-order valence-electron chi connectivity index (χ3n) is 2.90. The van der Waals surface area contributed by atoms with Crippen molar-refractivity contribution in [1.82, 2.24) is 5.32 Å². The van der Waals surface area contributed by atoms with Gasteiger partial charge >= 0.3 is 0 Å². The molecule has 5 heteroatoms. The van der Waals surface area contributed by atoms with Gasteiger partial charge in [-0.1, -0.05) is 29.4 Å². The molecule has 2 nitrogen and oxygen atoms in total. The fraction of sp³-hybridized carbons (Fsp3) is 0.250. The molecule has 0 heterocycles. The maximum absolute atomic E-state index is 13.0. The molecule has 0 saturated heterocycles. The Morgan fingerprint density at radius 2 is 1.95 bits per heavy atom. The minimum atomic E-state index is -0.230. The van der Waals surface area contributed by atoms with Gasteiger partial charge in [0.25, 0.3) is 0 Å². The summed E-state index contributed by atoms with van der Waals surface area (Å²) in [5, 5.41) is 4.02. The number of hydrogen-bond acceptors (Lipinski definition) is 3. The lowest BCUT2D eigenvalue weighted by Gasteiger charge is -2.12. The Morgan fingerprint density at radius 1 is 1.19 bits per heavy atom. The third kappa shape index (κ3) is 5.00. The molecule has 0 amide bonds. The van der Waals surface area contributed by atoms with Crippen LogP contribution in [0.15, 0.2) is 52.3 Å². The first-order chi connectivity index (χ1) is 10.2. The monoisotopic (exact) mass is 325 g/mol. The summed E-state index contributed by atoms with van der Waals surface area (Å²) in [4.78, 5) is 2.05. The van der Waals surface area contributed by atoms with Crippen molar-refractivity contribution in [2.24, 2.45) is 0 Å². The van der Waals surface area contributed by atoms with Crippen molar-refractivity contribution in [3.8, 4) is 0 Å². The van der Waals surface area contributed by atoms with E-state index in [1.54, 1.807) is 31.0 Å². The first-order valence-corrected chi connectivity index (χ1v) is 7.80. The highest BCUT2D eigenvalue weighted by Gasteiger charge is 2.08. The molecule has 2 aromatic carbocycles. The highest BCUT2D eigenvalue weighted by molar-refractivity contribution is 7.99. The van der Waals surface area contributed by atoms with Crippen molar-refractivity contribution in [2.75, 3.05) is 20.3 Å². The Bertz CT molecular complexity index is 577. The van der Waals surface area contributed by atoms with Crippen LogP contribution < -0.4 is 5.32 Å². The number of halogens is 2. The number of methoxy groups -OCH3 is 1. The van der Waals surface area contributed by atoms with E-state index < -0.39 is 0 Å². The molecule has 0 aliphatic heterocycles. The van der Waals surface area contributed by atoms with Crippen molar-refractivity contribution < 1.29 is 9.13 Å². The summed E-state index contributed by atoms with van der Waals surface area (Å²) >= 11 is 7.87. The predicted molar refractivity (Wildman–Crippen MR) is 85.6 cm³/mol. The van der Waals surface area contributed by atoms with Crippen LogP contribution >= 0.6 is 23.4 Å². The van der Waals surface area contributed by atoms with Gasteiger partial charge in [-0.05, 0) is 42.0 Å². The summed E-state index contributed by atoms with van der Waals surface area (Å²) in [5.74, 6) is -0.230. The first kappa shape index (κ1) is 16.3. The highest BCUT2D eigenvalue weighted by Crippen LogP contribution is 2.33. The van der Waals surface area contributed by atoms with E-state index in [9.17, 15) is 4.39 Å². The summed E-state index contributed by atoms with van der Waals surface area (Å²) in [6.07, 6.45) is 0. The van der Waals surface area contributed by atoms with Gasteiger partial charge < -0.3 is 10.1 Å². The Balaban J connectivity index is 2.11. The maximum Gasteiger partial charge on any atom is 0.123 e. The van der Waals surface area contributed by atoms with E-state index in [0.29, 0.717) is 13.2 Å². The van der Waals surface area contributed by atoms with Crippen LogP contribution in [0.5, 0.6) is 0 Å². The second-order valence-electron chi connectivity index (χ2n) is 4.44. The molecule has 0 fully saturated rings. The van der Waals surface area contributed by atoms with E-state index in [2.05, 4.69) is 5.32 Å². The van der Waals surface area contributed by atoms with Crippen molar-refractivity contribution in [1.29, 1.82) is 0 Å². The molecule has 0 atom stereocenters. The standard InChI is InChI=1S/C16H17ClFNOS/c1-20-10-9-19-11-14-15(17)3-2-4-16(14)21-13-7-5-12(18)6-8-13/h2-8,19H,9-11H2,1H3. The van der Waals surface area contributed by atoms with Crippen LogP contribution in [0.25, 0.3) is 0 Å². The van der Waals surface area contributed by atoms with Gasteiger partial charge in [-0.25, -0.2) is 4.39 Å². The zero-order valence-corrected chi connectivity index (χ0v) is 13.3. The summed E-state index contributed by atoms with van der Waals surface area (Å²) in [5.41, 5.74) is 1.05. The van der Waals surface area contributed by atoms with Crippen LogP contribution in [-0.4, -0.2) is 20.3 Å². The smallest absolute Gasteiger partial charge is 0.123 e. The molecule has 0 bridgehead atoms. The number of hydrogen-bond donors (Lipinski definition) is 1. The molecule has 2 rings (SSSR count). The molecule has 112 valence electrons. The number of ether oxygens (including phenoxy) is 1. The van der Waals surface area contributed by atoms with Gasteiger partial charge in [-0.3, -0.25) is 0 Å². The number of nitrogens with one attached hydrogen (secondary N) is 1. The van der Waals surface area contributed by atoms with Gasteiger partial charge in [-0.15, -0.1) is 0 Å². The molecule has 21 heavy (non-hydrogen) atoms. The second-order valence-corrected chi connectivity index (χ2v) is 5.96. The quantitative estimate of drug-likeness (QED) is 0.764. The second kappa shape index (κ2) is 8.39. The van der Waals surface area contributed by atoms with Crippen LogP contribution in [0.4, 0.5) is 4.39 Å². The van der Waals surface area contributed by atoms with Gasteiger partial charge in [0, 0.05) is 35.0 Å². The molecule has 0 aliphatic carbocycles. The van der Waals surface area contributed by atoms with Crippen molar-refractivity contribution in [2.45, 2.75) is 16.3 Å². The predicted octanol–water partition coefficient (Wildman–Crippen LogP) is 4.37. The van der Waals surface area contributed by atoms with E-state index in [0.717, 1.165) is 26.9 Å². The minimum absolute atomic E-state index is 0.230. The summed E-state index contributed by atoms with van der Waals surface area (Å²) in [6, 6.07) is 12.3. The molecule has 0 aliphatic rings. The summed E-state index contributed by atoms with van der Waals surface area (Å²) in [6.45, 7) is 2.10. The van der Waals surface area contributed by atoms with Gasteiger partial charge in [0.2, 0.25) is 0 Å². The van der Waals surface area contributed by atoms with E-state index in [1.807, 2.05) is 18.2 Å². The molecular weight excluding hydrogens is 309 g/mol. The molecule has 0 radical (unpaired) electrons. The van der Waals surface area contributed by atoms with Crippen LogP contribution in [-0.2, 0) is 11.3 Å². The van der Waals surface area contributed by atoms with Crippen LogP contribution in [0, 0.1) is 5.82 Å². The lowest BCUT2D eigenvalue weighted by Crippen LogP contribution is -2.19. The average molecular weight is 326 g/mol. The SMILES string of the molecule is COCCNCc1c(Cl)cccc1Sc1ccc(F)cc1. The summed E-state index contributed by atoms with van der Waals surface area (Å²) < 4.78 is 18.0. The number of rotatable bonds is 7. The molecule has 0 unspecified atom stereocenters. The van der Waals surface area contributed by atoms with Crippen LogP contribution in [0.2, 0.25) is 5.02 Å². The van der Waals surface area contributed by atoms with Gasteiger partial charge in [-0.2, -0.15) is 0 Å². The van der Waals surface area contributed by atoms with Gasteiger partial charge in [0.15, 0.2) is 0 Å². The molecule has 0 aromatic heterocycles. The first-order valence-electron chi connectivity index (χ1n) is 6.61. The fourth-order valence-corrected chi connectivity index (χ4v) is 3.10. The zero-order chi connectivity index (χ0) is 15.1. The van der Waals surface area contributed by atoms with Gasteiger partial charge in [0.1, 0.15) is 5.82 Å². The van der Waals surface area contributed by atoms with Crippen molar-refractivity contribution >= 4 is 23.4 Å². The Labute approximate surface area is 133 Å². The Hall–Kier alpha value is -1.07. The normalized spacial score (nSPS) is 10.8. The fourth-order valence-electron chi connectivity index (χ4n) is 1.82. The largest absolute Gasteiger partial charge is 0.383 e. The molecule has 2 aromatic rings. The Kier molecular flexibility index (Phi) is 6.51. The Morgan fingerprint density at radius 3 is 2.67 bits per heavy atom. The molecule has 0 spiro atoms.